The predicted molar refractivity (Wildman–Crippen MR) is 147 cm³/mol. The molecule has 0 radical (unpaired) electrons. The Kier molecular flexibility index (Phi) is 7.11. The van der Waals surface area contributed by atoms with Gasteiger partial charge >= 0.3 is 0 Å². The van der Waals surface area contributed by atoms with Gasteiger partial charge in [-0.05, 0) is 68.9 Å². The lowest BCUT2D eigenvalue weighted by Crippen LogP contribution is -2.19. The molecule has 0 saturated heterocycles. The number of nitriles is 1. The molecule has 37 heavy (non-hydrogen) atoms. The molecule has 0 aliphatic heterocycles. The van der Waals surface area contributed by atoms with Gasteiger partial charge in [-0.25, -0.2) is 4.98 Å². The molecule has 1 unspecified atom stereocenters. The third-order valence-corrected chi connectivity index (χ3v) is 6.86. The van der Waals surface area contributed by atoms with Crippen molar-refractivity contribution in [2.24, 2.45) is 5.92 Å². The number of halogens is 1. The molecule has 2 aromatic carbocycles. The van der Waals surface area contributed by atoms with Crippen molar-refractivity contribution in [2.75, 3.05) is 11.9 Å². The minimum Gasteiger partial charge on any atom is -0.493 e. The van der Waals surface area contributed by atoms with Gasteiger partial charge in [0.1, 0.15) is 23.2 Å². The van der Waals surface area contributed by atoms with Crippen molar-refractivity contribution in [2.45, 2.75) is 45.7 Å². The lowest BCUT2D eigenvalue weighted by molar-refractivity contribution is 0.326. The van der Waals surface area contributed by atoms with Gasteiger partial charge in [0.05, 0.1) is 12.2 Å². The van der Waals surface area contributed by atoms with E-state index in [2.05, 4.69) is 45.5 Å². The van der Waals surface area contributed by atoms with Crippen LogP contribution in [-0.4, -0.2) is 32.2 Å². The van der Waals surface area contributed by atoms with E-state index < -0.39 is 0 Å². The summed E-state index contributed by atoms with van der Waals surface area (Å²) in [5.41, 5.74) is 4.23. The molecule has 5 rings (SSSR count). The van der Waals surface area contributed by atoms with Crippen molar-refractivity contribution in [3.63, 3.8) is 0 Å². The van der Waals surface area contributed by atoms with Crippen molar-refractivity contribution in [3.8, 4) is 23.2 Å². The molecule has 4 aromatic rings. The molecule has 1 atom stereocenters. The minimum absolute atomic E-state index is 0.0902. The number of ether oxygens (including phenoxy) is 1. The van der Waals surface area contributed by atoms with Gasteiger partial charge in [-0.3, -0.25) is 0 Å². The average molecular weight is 513 g/mol. The van der Waals surface area contributed by atoms with E-state index in [-0.39, 0.29) is 11.9 Å². The normalized spacial score (nSPS) is 13.8. The van der Waals surface area contributed by atoms with Gasteiger partial charge < -0.3 is 14.6 Å². The van der Waals surface area contributed by atoms with E-state index in [4.69, 9.17) is 21.3 Å². The maximum Gasteiger partial charge on any atom is 0.236 e. The number of hydrogen-bond acceptors (Lipinski definition) is 6. The van der Waals surface area contributed by atoms with E-state index in [1.165, 1.54) is 12.8 Å². The van der Waals surface area contributed by atoms with E-state index in [9.17, 15) is 5.26 Å². The molecule has 0 bridgehead atoms. The summed E-state index contributed by atoms with van der Waals surface area (Å²) < 4.78 is 8.25. The van der Waals surface area contributed by atoms with Crippen LogP contribution in [0.15, 0.2) is 55.1 Å². The quantitative estimate of drug-likeness (QED) is 0.192. The molecule has 1 aliphatic carbocycles. The third-order valence-electron chi connectivity index (χ3n) is 6.61. The topological polar surface area (TPSA) is 88.7 Å². The Hall–Kier alpha value is -3.89. The van der Waals surface area contributed by atoms with E-state index in [0.29, 0.717) is 41.4 Å². The summed E-state index contributed by atoms with van der Waals surface area (Å²) in [6, 6.07) is 16.2. The fourth-order valence-corrected chi connectivity index (χ4v) is 4.57. The standard InChI is InChI=1S/C29H29ClN6O/c1-4-5-14-37-24-13-6-18(2)15-23(24)29-35-28-26(36(29)17-20-7-11-22(30)12-8-20)27(33-25(16-31)34-28)32-19(3)21-9-10-21/h4,6-8,11-13,15,19,21H,1,5,9-10,14,17H2,2-3H3,(H,32,33,34). The molecule has 1 fully saturated rings. The van der Waals surface area contributed by atoms with Crippen LogP contribution >= 0.6 is 11.6 Å². The zero-order chi connectivity index (χ0) is 25.9. The first kappa shape index (κ1) is 24.8. The maximum atomic E-state index is 9.65. The molecule has 1 N–H and O–H groups in total. The largest absolute Gasteiger partial charge is 0.493 e. The summed E-state index contributed by atoms with van der Waals surface area (Å²) in [6.45, 7) is 9.03. The average Bonchev–Trinajstić information content (AvgIpc) is 3.69. The van der Waals surface area contributed by atoms with Crippen LogP contribution < -0.4 is 10.1 Å². The van der Waals surface area contributed by atoms with Crippen molar-refractivity contribution in [1.82, 2.24) is 19.5 Å². The van der Waals surface area contributed by atoms with E-state index in [1.54, 1.807) is 0 Å². The summed E-state index contributed by atoms with van der Waals surface area (Å²) in [4.78, 5) is 14.0. The number of aromatic nitrogens is 4. The van der Waals surface area contributed by atoms with Crippen LogP contribution in [0.25, 0.3) is 22.6 Å². The van der Waals surface area contributed by atoms with Gasteiger partial charge in [0, 0.05) is 17.6 Å². The van der Waals surface area contributed by atoms with Crippen LogP contribution in [0.5, 0.6) is 5.75 Å². The molecule has 188 valence electrons. The molecule has 0 spiro atoms. The summed E-state index contributed by atoms with van der Waals surface area (Å²) in [7, 11) is 0. The van der Waals surface area contributed by atoms with E-state index in [0.717, 1.165) is 34.4 Å². The number of imidazole rings is 1. The SMILES string of the molecule is C=CCCOc1ccc(C)cc1-c1nc2nc(C#N)nc(NC(C)C3CC3)c2n1Cc1ccc(Cl)cc1. The monoisotopic (exact) mass is 512 g/mol. The molecule has 1 saturated carbocycles. The molecule has 2 aromatic heterocycles. The zero-order valence-corrected chi connectivity index (χ0v) is 21.8. The van der Waals surface area contributed by atoms with Crippen molar-refractivity contribution >= 4 is 28.6 Å². The lowest BCUT2D eigenvalue weighted by atomic mass is 10.1. The van der Waals surface area contributed by atoms with Gasteiger partial charge in [0.25, 0.3) is 0 Å². The van der Waals surface area contributed by atoms with Crippen LogP contribution in [-0.2, 0) is 6.54 Å². The molecular weight excluding hydrogens is 484 g/mol. The van der Waals surface area contributed by atoms with Crippen LogP contribution in [0.2, 0.25) is 5.02 Å². The van der Waals surface area contributed by atoms with Crippen LogP contribution in [0.4, 0.5) is 5.82 Å². The second-order valence-corrected chi connectivity index (χ2v) is 9.96. The van der Waals surface area contributed by atoms with Crippen molar-refractivity contribution in [3.05, 3.63) is 77.1 Å². The highest BCUT2D eigenvalue weighted by Crippen LogP contribution is 2.37. The highest BCUT2D eigenvalue weighted by atomic mass is 35.5. The van der Waals surface area contributed by atoms with Crippen molar-refractivity contribution in [1.29, 1.82) is 5.26 Å². The first-order chi connectivity index (χ1) is 18.0. The molecular formula is C29H29ClN6O. The number of rotatable bonds is 10. The number of nitrogens with one attached hydrogen (secondary N) is 1. The minimum atomic E-state index is 0.0902. The highest BCUT2D eigenvalue weighted by Gasteiger charge is 2.30. The fourth-order valence-electron chi connectivity index (χ4n) is 4.45. The Balaban J connectivity index is 1.72. The van der Waals surface area contributed by atoms with Crippen LogP contribution in [0.3, 0.4) is 0 Å². The number of fused-ring (bicyclic) bond motifs is 1. The molecule has 1 aliphatic rings. The van der Waals surface area contributed by atoms with Crippen molar-refractivity contribution < 1.29 is 4.74 Å². The first-order valence-corrected chi connectivity index (χ1v) is 12.9. The molecule has 2 heterocycles. The first-order valence-electron chi connectivity index (χ1n) is 12.5. The summed E-state index contributed by atoms with van der Waals surface area (Å²) in [5, 5.41) is 13.9. The fraction of sp³-hybridized carbons (Fsp3) is 0.310. The Labute approximate surface area is 221 Å². The summed E-state index contributed by atoms with van der Waals surface area (Å²) in [6.07, 6.45) is 4.95. The molecule has 8 heteroatoms. The maximum absolute atomic E-state index is 9.65. The van der Waals surface area contributed by atoms with E-state index in [1.807, 2.05) is 49.4 Å². The molecule has 0 amide bonds. The lowest BCUT2D eigenvalue weighted by Gasteiger charge is -2.17. The Bertz CT molecular complexity index is 1480. The second kappa shape index (κ2) is 10.6. The van der Waals surface area contributed by atoms with Crippen LogP contribution in [0.1, 0.15) is 43.1 Å². The molecule has 7 nitrogen and oxygen atoms in total. The number of benzene rings is 2. The number of aryl methyl sites for hydroxylation is 1. The highest BCUT2D eigenvalue weighted by molar-refractivity contribution is 6.30. The second-order valence-electron chi connectivity index (χ2n) is 9.52. The number of anilines is 1. The Morgan fingerprint density at radius 1 is 1.22 bits per heavy atom. The van der Waals surface area contributed by atoms with Crippen LogP contribution in [0, 0.1) is 24.2 Å². The zero-order valence-electron chi connectivity index (χ0n) is 21.0. The Morgan fingerprint density at radius 3 is 2.70 bits per heavy atom. The Morgan fingerprint density at radius 2 is 2.00 bits per heavy atom. The third kappa shape index (κ3) is 5.45. The smallest absolute Gasteiger partial charge is 0.236 e. The van der Waals surface area contributed by atoms with Gasteiger partial charge in [-0.1, -0.05) is 41.4 Å². The number of nitrogens with zero attached hydrogens (tertiary/aromatic N) is 5. The summed E-state index contributed by atoms with van der Waals surface area (Å²) in [5.74, 6) is 2.75. The van der Waals surface area contributed by atoms with Gasteiger partial charge in [-0.2, -0.15) is 15.2 Å². The predicted octanol–water partition coefficient (Wildman–Crippen LogP) is 6.54. The van der Waals surface area contributed by atoms with E-state index >= 15 is 0 Å². The van der Waals surface area contributed by atoms with Gasteiger partial charge in [0.2, 0.25) is 5.82 Å². The van der Waals surface area contributed by atoms with Gasteiger partial charge in [-0.15, -0.1) is 6.58 Å². The van der Waals surface area contributed by atoms with Gasteiger partial charge in [0.15, 0.2) is 11.5 Å². The summed E-state index contributed by atoms with van der Waals surface area (Å²) >= 11 is 6.16. The number of hydrogen-bond donors (Lipinski definition) is 1.